The van der Waals surface area contributed by atoms with E-state index in [9.17, 15) is 20.0 Å². The first-order chi connectivity index (χ1) is 15.0. The van der Waals surface area contributed by atoms with Gasteiger partial charge in [0.05, 0.1) is 28.0 Å². The highest BCUT2D eigenvalue weighted by atomic mass is 32.1. The van der Waals surface area contributed by atoms with Crippen molar-refractivity contribution in [3.8, 4) is 16.9 Å². The lowest BCUT2D eigenvalue weighted by Gasteiger charge is -2.28. The van der Waals surface area contributed by atoms with Crippen LogP contribution in [0.5, 0.6) is 5.75 Å². The smallest absolute Gasteiger partial charge is 0.270 e. The van der Waals surface area contributed by atoms with E-state index < -0.39 is 4.92 Å². The summed E-state index contributed by atoms with van der Waals surface area (Å²) in [6.45, 7) is 2.77. The van der Waals surface area contributed by atoms with E-state index in [0.717, 1.165) is 29.2 Å². The van der Waals surface area contributed by atoms with Crippen LogP contribution in [0.25, 0.3) is 11.1 Å². The number of phenols is 1. The summed E-state index contributed by atoms with van der Waals surface area (Å²) in [5.41, 5.74) is 2.15. The van der Waals surface area contributed by atoms with Crippen molar-refractivity contribution in [3.63, 3.8) is 0 Å². The summed E-state index contributed by atoms with van der Waals surface area (Å²) in [6, 6.07) is 15.5. The summed E-state index contributed by atoms with van der Waals surface area (Å²) >= 11 is 1.40. The number of morpholine rings is 1. The standard InChI is InChI=1S/C22H21N3O5S/c26-19-7-6-17(25(28)29)12-16(19)14-23-21(27)20-13-18(15-4-2-1-3-5-15)22(31-20)24-8-10-30-11-9-24/h1-7,12-13,26H,8-11,14H2,(H,23,27). The average Bonchev–Trinajstić information content (AvgIpc) is 3.25. The number of carbonyl (C=O) groups excluding carboxylic acids is 1. The number of carbonyl (C=O) groups is 1. The van der Waals surface area contributed by atoms with E-state index in [4.69, 9.17) is 4.74 Å². The highest BCUT2D eigenvalue weighted by Crippen LogP contribution is 2.39. The Morgan fingerprint density at radius 1 is 1.16 bits per heavy atom. The molecule has 9 heteroatoms. The van der Waals surface area contributed by atoms with Gasteiger partial charge in [-0.25, -0.2) is 0 Å². The fourth-order valence-electron chi connectivity index (χ4n) is 3.41. The van der Waals surface area contributed by atoms with E-state index in [1.54, 1.807) is 0 Å². The maximum Gasteiger partial charge on any atom is 0.270 e. The van der Waals surface area contributed by atoms with Crippen LogP contribution in [-0.2, 0) is 11.3 Å². The molecule has 0 spiro atoms. The molecule has 2 N–H and O–H groups in total. The Hall–Kier alpha value is -3.43. The zero-order valence-electron chi connectivity index (χ0n) is 16.6. The maximum atomic E-state index is 12.9. The highest BCUT2D eigenvalue weighted by molar-refractivity contribution is 7.18. The molecule has 31 heavy (non-hydrogen) atoms. The minimum Gasteiger partial charge on any atom is -0.508 e. The number of nitro groups is 1. The molecular formula is C22H21N3O5S. The average molecular weight is 439 g/mol. The van der Waals surface area contributed by atoms with E-state index in [1.165, 1.54) is 29.5 Å². The molecule has 0 bridgehead atoms. The molecule has 8 nitrogen and oxygen atoms in total. The van der Waals surface area contributed by atoms with Crippen LogP contribution in [0.15, 0.2) is 54.6 Å². The van der Waals surface area contributed by atoms with Gasteiger partial charge in [-0.05, 0) is 17.7 Å². The molecule has 1 saturated heterocycles. The largest absolute Gasteiger partial charge is 0.508 e. The van der Waals surface area contributed by atoms with Crippen molar-refractivity contribution in [1.82, 2.24) is 5.32 Å². The van der Waals surface area contributed by atoms with Gasteiger partial charge in [-0.15, -0.1) is 11.3 Å². The van der Waals surface area contributed by atoms with Gasteiger partial charge in [0.15, 0.2) is 0 Å². The van der Waals surface area contributed by atoms with Crippen molar-refractivity contribution in [2.75, 3.05) is 31.2 Å². The molecule has 2 aromatic carbocycles. The number of hydrogen-bond acceptors (Lipinski definition) is 7. The Morgan fingerprint density at radius 3 is 2.61 bits per heavy atom. The van der Waals surface area contributed by atoms with Crippen LogP contribution in [-0.4, -0.2) is 42.2 Å². The van der Waals surface area contributed by atoms with Gasteiger partial charge in [0, 0.05) is 42.9 Å². The summed E-state index contributed by atoms with van der Waals surface area (Å²) in [5.74, 6) is -0.399. The van der Waals surface area contributed by atoms with Gasteiger partial charge in [0.25, 0.3) is 11.6 Å². The Bertz CT molecular complexity index is 1090. The van der Waals surface area contributed by atoms with Gasteiger partial charge < -0.3 is 20.1 Å². The number of rotatable bonds is 6. The van der Waals surface area contributed by atoms with Crippen molar-refractivity contribution in [3.05, 3.63) is 75.2 Å². The normalized spacial score (nSPS) is 13.7. The third kappa shape index (κ3) is 4.68. The third-order valence-electron chi connectivity index (χ3n) is 5.03. The minimum absolute atomic E-state index is 0.0161. The van der Waals surface area contributed by atoms with Crippen LogP contribution in [0, 0.1) is 10.1 Å². The van der Waals surface area contributed by atoms with E-state index in [2.05, 4.69) is 10.2 Å². The molecule has 0 saturated carbocycles. The molecule has 0 atom stereocenters. The molecule has 3 aromatic rings. The SMILES string of the molecule is O=C(NCc1cc([N+](=O)[O-])ccc1O)c1cc(-c2ccccc2)c(N2CCOCC2)s1. The minimum atomic E-state index is -0.537. The molecule has 1 aromatic heterocycles. The van der Waals surface area contributed by atoms with Crippen molar-refractivity contribution >= 4 is 27.9 Å². The lowest BCUT2D eigenvalue weighted by atomic mass is 10.1. The number of nitrogens with one attached hydrogen (secondary N) is 1. The summed E-state index contributed by atoms with van der Waals surface area (Å²) in [6.07, 6.45) is 0. The van der Waals surface area contributed by atoms with E-state index >= 15 is 0 Å². The van der Waals surface area contributed by atoms with Gasteiger partial charge in [0.2, 0.25) is 0 Å². The van der Waals surface area contributed by atoms with Crippen LogP contribution in [0.4, 0.5) is 10.7 Å². The quantitative estimate of drug-likeness (QED) is 0.447. The molecule has 0 radical (unpaired) electrons. The summed E-state index contributed by atoms with van der Waals surface area (Å²) in [7, 11) is 0. The predicted octanol–water partition coefficient (Wildman–Crippen LogP) is 3.80. The van der Waals surface area contributed by atoms with Gasteiger partial charge in [-0.2, -0.15) is 0 Å². The molecular weight excluding hydrogens is 418 g/mol. The summed E-state index contributed by atoms with van der Waals surface area (Å²) < 4.78 is 5.46. The van der Waals surface area contributed by atoms with Crippen molar-refractivity contribution in [2.45, 2.75) is 6.54 Å². The number of anilines is 1. The number of nitro benzene ring substituents is 1. The van der Waals surface area contributed by atoms with Crippen LogP contribution in [0.1, 0.15) is 15.2 Å². The number of benzene rings is 2. The van der Waals surface area contributed by atoms with E-state index in [-0.39, 0.29) is 29.5 Å². The topological polar surface area (TPSA) is 105 Å². The lowest BCUT2D eigenvalue weighted by molar-refractivity contribution is -0.384. The predicted molar refractivity (Wildman–Crippen MR) is 119 cm³/mol. The monoisotopic (exact) mass is 439 g/mol. The molecule has 0 aliphatic carbocycles. The first kappa shape index (κ1) is 20.8. The second kappa shape index (κ2) is 9.15. The molecule has 1 amide bonds. The molecule has 0 unspecified atom stereocenters. The first-order valence-corrected chi connectivity index (χ1v) is 10.6. The molecule has 1 aliphatic rings. The highest BCUT2D eigenvalue weighted by Gasteiger charge is 2.22. The summed E-state index contributed by atoms with van der Waals surface area (Å²) in [4.78, 5) is 26.1. The van der Waals surface area contributed by atoms with Crippen LogP contribution in [0.3, 0.4) is 0 Å². The lowest BCUT2D eigenvalue weighted by Crippen LogP contribution is -2.35. The van der Waals surface area contributed by atoms with Crippen LogP contribution in [0.2, 0.25) is 0 Å². The van der Waals surface area contributed by atoms with Gasteiger partial charge in [-0.3, -0.25) is 14.9 Å². The Morgan fingerprint density at radius 2 is 1.90 bits per heavy atom. The van der Waals surface area contributed by atoms with Crippen molar-refractivity contribution in [2.24, 2.45) is 0 Å². The number of nitrogens with zero attached hydrogens (tertiary/aromatic N) is 2. The van der Waals surface area contributed by atoms with Crippen molar-refractivity contribution < 1.29 is 19.6 Å². The Kier molecular flexibility index (Phi) is 6.15. The zero-order valence-corrected chi connectivity index (χ0v) is 17.4. The molecule has 2 heterocycles. The number of amides is 1. The van der Waals surface area contributed by atoms with Gasteiger partial charge in [0.1, 0.15) is 5.75 Å². The van der Waals surface area contributed by atoms with Gasteiger partial charge >= 0.3 is 0 Å². The molecule has 1 aliphatic heterocycles. The second-order valence-electron chi connectivity index (χ2n) is 7.05. The molecule has 160 valence electrons. The number of phenolic OH excluding ortho intramolecular Hbond substituents is 1. The zero-order chi connectivity index (χ0) is 21.8. The number of aromatic hydroxyl groups is 1. The third-order valence-corrected chi connectivity index (χ3v) is 6.23. The summed E-state index contributed by atoms with van der Waals surface area (Å²) in [5, 5.41) is 24.7. The second-order valence-corrected chi connectivity index (χ2v) is 8.08. The Labute approximate surface area is 182 Å². The fourth-order valence-corrected chi connectivity index (χ4v) is 4.56. The number of hydrogen-bond donors (Lipinski definition) is 2. The van der Waals surface area contributed by atoms with E-state index in [0.29, 0.717) is 18.1 Å². The maximum absolute atomic E-state index is 12.9. The number of thiophene rings is 1. The molecule has 4 rings (SSSR count). The van der Waals surface area contributed by atoms with Gasteiger partial charge in [-0.1, -0.05) is 30.3 Å². The Balaban J connectivity index is 1.58. The number of non-ortho nitro benzene ring substituents is 1. The fraction of sp³-hybridized carbons (Fsp3) is 0.227. The van der Waals surface area contributed by atoms with Crippen molar-refractivity contribution in [1.29, 1.82) is 0 Å². The molecule has 1 fully saturated rings. The van der Waals surface area contributed by atoms with E-state index in [1.807, 2.05) is 36.4 Å². The van der Waals surface area contributed by atoms with Crippen LogP contribution >= 0.6 is 11.3 Å². The first-order valence-electron chi connectivity index (χ1n) is 9.79. The number of ether oxygens (including phenoxy) is 1. The van der Waals surface area contributed by atoms with Crippen LogP contribution < -0.4 is 10.2 Å².